The fourth-order valence-electron chi connectivity index (χ4n) is 2.73. The van der Waals surface area contributed by atoms with Gasteiger partial charge in [-0.3, -0.25) is 13.9 Å². The summed E-state index contributed by atoms with van der Waals surface area (Å²) < 4.78 is 17.4. The molecule has 7 heteroatoms. The summed E-state index contributed by atoms with van der Waals surface area (Å²) in [5.74, 6) is 5.65. The lowest BCUT2D eigenvalue weighted by Crippen LogP contribution is -2.39. The van der Waals surface area contributed by atoms with Gasteiger partial charge in [-0.2, -0.15) is 0 Å². The molecule has 0 aliphatic carbocycles. The summed E-state index contributed by atoms with van der Waals surface area (Å²) in [5.41, 5.74) is 0.372. The van der Waals surface area contributed by atoms with Crippen LogP contribution in [0.3, 0.4) is 0 Å². The van der Waals surface area contributed by atoms with Gasteiger partial charge in [-0.15, -0.1) is 0 Å². The van der Waals surface area contributed by atoms with Crippen LogP contribution in [0.2, 0.25) is 0 Å². The predicted molar refractivity (Wildman–Crippen MR) is 93.0 cm³/mol. The zero-order chi connectivity index (χ0) is 18.1. The molecule has 3 aromatic rings. The number of fused-ring (bicyclic) bond motifs is 1. The van der Waals surface area contributed by atoms with Crippen molar-refractivity contribution in [2.75, 3.05) is 0 Å². The summed E-state index contributed by atoms with van der Waals surface area (Å²) >= 11 is 0. The van der Waals surface area contributed by atoms with E-state index in [4.69, 9.17) is 0 Å². The van der Waals surface area contributed by atoms with Gasteiger partial charge < -0.3 is 4.57 Å². The van der Waals surface area contributed by atoms with Crippen molar-refractivity contribution in [3.63, 3.8) is 0 Å². The zero-order valence-corrected chi connectivity index (χ0v) is 14.2. The fourth-order valence-corrected chi connectivity index (χ4v) is 2.73. The van der Waals surface area contributed by atoms with Crippen LogP contribution in [0, 0.1) is 17.7 Å². The monoisotopic (exact) mass is 340 g/mol. The van der Waals surface area contributed by atoms with Crippen molar-refractivity contribution in [2.45, 2.75) is 26.9 Å². The second kappa shape index (κ2) is 6.40. The van der Waals surface area contributed by atoms with Crippen LogP contribution in [0.25, 0.3) is 11.2 Å². The van der Waals surface area contributed by atoms with Crippen molar-refractivity contribution in [2.24, 2.45) is 7.05 Å². The van der Waals surface area contributed by atoms with E-state index in [1.165, 1.54) is 21.3 Å². The first-order chi connectivity index (χ1) is 12.0. The van der Waals surface area contributed by atoms with Gasteiger partial charge in [0, 0.05) is 25.7 Å². The second-order valence-corrected chi connectivity index (χ2v) is 5.50. The van der Waals surface area contributed by atoms with Crippen molar-refractivity contribution in [3.8, 4) is 11.8 Å². The molecule has 0 saturated heterocycles. The maximum absolute atomic E-state index is 13.2. The zero-order valence-electron chi connectivity index (χ0n) is 14.2. The number of aromatic nitrogens is 4. The van der Waals surface area contributed by atoms with E-state index in [1.54, 1.807) is 30.7 Å². The maximum Gasteiger partial charge on any atom is 0.332 e. The molecule has 0 saturated carbocycles. The number of hydrogen-bond donors (Lipinski definition) is 0. The van der Waals surface area contributed by atoms with E-state index >= 15 is 0 Å². The third-order valence-corrected chi connectivity index (χ3v) is 4.02. The average Bonchev–Trinajstić information content (AvgIpc) is 2.91. The van der Waals surface area contributed by atoms with Gasteiger partial charge in [0.05, 0.1) is 0 Å². The van der Waals surface area contributed by atoms with Gasteiger partial charge in [-0.05, 0) is 38.0 Å². The Hall–Kier alpha value is -3.14. The van der Waals surface area contributed by atoms with E-state index in [-0.39, 0.29) is 23.6 Å². The molecule has 128 valence electrons. The summed E-state index contributed by atoms with van der Waals surface area (Å²) in [6.07, 6.45) is 0. The molecule has 0 radical (unpaired) electrons. The highest BCUT2D eigenvalue weighted by atomic mass is 19.1. The lowest BCUT2D eigenvalue weighted by atomic mass is 10.2. The van der Waals surface area contributed by atoms with Gasteiger partial charge in [0.1, 0.15) is 5.82 Å². The number of hydrogen-bond acceptors (Lipinski definition) is 3. The Morgan fingerprint density at radius 1 is 1.12 bits per heavy atom. The van der Waals surface area contributed by atoms with Gasteiger partial charge in [-0.25, -0.2) is 14.2 Å². The first-order valence-corrected chi connectivity index (χ1v) is 7.95. The predicted octanol–water partition coefficient (Wildman–Crippen LogP) is 1.48. The molecule has 0 unspecified atom stereocenters. The Morgan fingerprint density at radius 2 is 1.84 bits per heavy atom. The van der Waals surface area contributed by atoms with Crippen LogP contribution in [0.15, 0.2) is 33.9 Å². The number of aryl methyl sites for hydroxylation is 2. The van der Waals surface area contributed by atoms with Crippen LogP contribution in [-0.2, 0) is 20.1 Å². The topological polar surface area (TPSA) is 61.8 Å². The molecular weight excluding hydrogens is 323 g/mol. The molecule has 0 bridgehead atoms. The van der Waals surface area contributed by atoms with Gasteiger partial charge in [0.15, 0.2) is 17.0 Å². The van der Waals surface area contributed by atoms with Crippen molar-refractivity contribution in [3.05, 3.63) is 62.3 Å². The molecule has 2 aromatic heterocycles. The summed E-state index contributed by atoms with van der Waals surface area (Å²) in [7, 11) is 1.68. The van der Waals surface area contributed by atoms with Crippen LogP contribution in [-0.4, -0.2) is 18.7 Å². The normalized spacial score (nSPS) is 10.7. The van der Waals surface area contributed by atoms with Crippen molar-refractivity contribution >= 4 is 11.2 Å². The molecule has 0 amide bonds. The molecule has 0 fully saturated rings. The summed E-state index contributed by atoms with van der Waals surface area (Å²) in [6, 6.07) is 5.92. The van der Waals surface area contributed by atoms with Crippen molar-refractivity contribution in [1.29, 1.82) is 0 Å². The Labute approximate surface area is 143 Å². The van der Waals surface area contributed by atoms with Gasteiger partial charge >= 0.3 is 5.69 Å². The standard InChI is InChI=1S/C18H17FN4O2/c1-4-22-16-15(17(24)23(5-2)18(22)25)21(3)14(20-16)10-9-12-7-6-8-13(19)11-12/h6-8,11H,4-5H2,1-3H3. The first kappa shape index (κ1) is 16.7. The lowest BCUT2D eigenvalue weighted by Gasteiger charge is -2.07. The molecular formula is C18H17FN4O2. The molecule has 3 rings (SSSR count). The number of rotatable bonds is 2. The molecule has 2 heterocycles. The Balaban J connectivity index is 2.27. The smallest absolute Gasteiger partial charge is 0.314 e. The Kier molecular flexibility index (Phi) is 4.28. The Bertz CT molecular complexity index is 1140. The molecule has 0 atom stereocenters. The summed E-state index contributed by atoms with van der Waals surface area (Å²) in [6.45, 7) is 4.24. The Morgan fingerprint density at radius 3 is 2.48 bits per heavy atom. The minimum atomic E-state index is -0.388. The third kappa shape index (κ3) is 2.76. The van der Waals surface area contributed by atoms with E-state index in [1.807, 2.05) is 6.92 Å². The highest BCUT2D eigenvalue weighted by Crippen LogP contribution is 2.10. The average molecular weight is 340 g/mol. The minimum absolute atomic E-state index is 0.281. The number of imidazole rings is 1. The highest BCUT2D eigenvalue weighted by molar-refractivity contribution is 5.72. The second-order valence-electron chi connectivity index (χ2n) is 5.50. The fraction of sp³-hybridized carbons (Fsp3) is 0.278. The molecule has 0 aliphatic rings. The lowest BCUT2D eigenvalue weighted by molar-refractivity contribution is 0.604. The molecule has 0 spiro atoms. The van der Waals surface area contributed by atoms with Gasteiger partial charge in [-0.1, -0.05) is 12.0 Å². The van der Waals surface area contributed by atoms with Gasteiger partial charge in [0.25, 0.3) is 5.56 Å². The SMILES string of the molecule is CCn1c(=O)c2c(nc(C#Cc3cccc(F)c3)n2C)n(CC)c1=O. The van der Waals surface area contributed by atoms with E-state index in [0.29, 0.717) is 29.1 Å². The molecule has 0 N–H and O–H groups in total. The summed E-state index contributed by atoms with van der Waals surface area (Å²) in [5, 5.41) is 0. The largest absolute Gasteiger partial charge is 0.332 e. The minimum Gasteiger partial charge on any atom is -0.314 e. The quantitative estimate of drug-likeness (QED) is 0.664. The van der Waals surface area contributed by atoms with Gasteiger partial charge in [0.2, 0.25) is 0 Å². The van der Waals surface area contributed by atoms with Crippen LogP contribution < -0.4 is 11.2 Å². The molecule has 1 aromatic carbocycles. The van der Waals surface area contributed by atoms with E-state index < -0.39 is 0 Å². The van der Waals surface area contributed by atoms with E-state index in [9.17, 15) is 14.0 Å². The molecule has 0 aliphatic heterocycles. The van der Waals surface area contributed by atoms with Crippen molar-refractivity contribution in [1.82, 2.24) is 18.7 Å². The maximum atomic E-state index is 13.2. The molecule has 6 nitrogen and oxygen atoms in total. The van der Waals surface area contributed by atoms with Crippen molar-refractivity contribution < 1.29 is 4.39 Å². The first-order valence-electron chi connectivity index (χ1n) is 7.95. The van der Waals surface area contributed by atoms with E-state index in [0.717, 1.165) is 0 Å². The highest BCUT2D eigenvalue weighted by Gasteiger charge is 2.17. The van der Waals surface area contributed by atoms with Crippen LogP contribution in [0.5, 0.6) is 0 Å². The number of nitrogens with zero attached hydrogens (tertiary/aromatic N) is 4. The van der Waals surface area contributed by atoms with Crippen LogP contribution in [0.1, 0.15) is 25.2 Å². The molecule has 25 heavy (non-hydrogen) atoms. The summed E-state index contributed by atoms with van der Waals surface area (Å²) in [4.78, 5) is 29.4. The third-order valence-electron chi connectivity index (χ3n) is 4.02. The number of halogens is 1. The number of benzene rings is 1. The van der Waals surface area contributed by atoms with E-state index in [2.05, 4.69) is 16.8 Å². The van der Waals surface area contributed by atoms with Crippen LogP contribution in [0.4, 0.5) is 4.39 Å². The van der Waals surface area contributed by atoms with Crippen LogP contribution >= 0.6 is 0 Å².